The summed E-state index contributed by atoms with van der Waals surface area (Å²) in [6.07, 6.45) is 2.07. The maximum Gasteiger partial charge on any atom is 0.213 e. The zero-order chi connectivity index (χ0) is 15.7. The number of ether oxygens (including phenoxy) is 1. The summed E-state index contributed by atoms with van der Waals surface area (Å²) in [6.45, 7) is 4.45. The first-order chi connectivity index (χ1) is 10.6. The number of aliphatic hydroxyl groups is 1. The summed E-state index contributed by atoms with van der Waals surface area (Å²) < 4.78 is 21.3. The number of benzene rings is 2. The molecule has 5 heteroatoms. The monoisotopic (exact) mass is 379 g/mol. The van der Waals surface area contributed by atoms with Crippen LogP contribution in [0.4, 0.5) is 4.39 Å². The van der Waals surface area contributed by atoms with Gasteiger partial charge in [-0.2, -0.15) is 4.57 Å². The minimum atomic E-state index is -0.266. The second kappa shape index (κ2) is 7.23. The van der Waals surface area contributed by atoms with E-state index in [2.05, 4.69) is 0 Å². The molecule has 0 spiro atoms. The molecule has 0 saturated heterocycles. The second-order valence-electron chi connectivity index (χ2n) is 5.62. The van der Waals surface area contributed by atoms with Crippen LogP contribution in [0.25, 0.3) is 21.7 Å². The van der Waals surface area contributed by atoms with Gasteiger partial charge >= 0.3 is 0 Å². The summed E-state index contributed by atoms with van der Waals surface area (Å²) in [5, 5.41) is 12.0. The zero-order valence-corrected chi connectivity index (χ0v) is 14.7. The Morgan fingerprint density at radius 1 is 1.13 bits per heavy atom. The van der Waals surface area contributed by atoms with Crippen molar-refractivity contribution < 1.29 is 35.8 Å². The van der Waals surface area contributed by atoms with Crippen molar-refractivity contribution in [2.45, 2.75) is 26.5 Å². The van der Waals surface area contributed by atoms with Crippen molar-refractivity contribution in [3.8, 4) is 5.75 Å². The van der Waals surface area contributed by atoms with Gasteiger partial charge in [-0.1, -0.05) is 0 Å². The quantitative estimate of drug-likeness (QED) is 0.519. The smallest absolute Gasteiger partial charge is 0.213 e. The van der Waals surface area contributed by atoms with E-state index >= 15 is 0 Å². The van der Waals surface area contributed by atoms with Gasteiger partial charge in [-0.15, -0.1) is 0 Å². The van der Waals surface area contributed by atoms with E-state index in [1.807, 2.05) is 42.8 Å². The van der Waals surface area contributed by atoms with Crippen molar-refractivity contribution in [3.05, 3.63) is 48.4 Å². The maximum atomic E-state index is 13.7. The van der Waals surface area contributed by atoms with Crippen molar-refractivity contribution >= 4 is 21.7 Å². The largest absolute Gasteiger partial charge is 1.00 e. The highest BCUT2D eigenvalue weighted by Crippen LogP contribution is 2.27. The number of rotatable bonds is 4. The van der Waals surface area contributed by atoms with Gasteiger partial charge in [0.2, 0.25) is 5.52 Å². The van der Waals surface area contributed by atoms with Crippen molar-refractivity contribution in [2.75, 3.05) is 6.61 Å². The Balaban J connectivity index is 0.00000192. The topological polar surface area (TPSA) is 33.3 Å². The molecule has 1 N–H and O–H groups in total. The fourth-order valence-electron chi connectivity index (χ4n) is 2.74. The Bertz CT molecular complexity index is 836. The second-order valence-corrected chi connectivity index (χ2v) is 5.62. The predicted octanol–water partition coefficient (Wildman–Crippen LogP) is 0.203. The Morgan fingerprint density at radius 3 is 2.61 bits per heavy atom. The van der Waals surface area contributed by atoms with E-state index in [0.29, 0.717) is 6.54 Å². The van der Waals surface area contributed by atoms with Crippen LogP contribution in [0.1, 0.15) is 13.8 Å². The molecular formula is C18H19BrFNO2. The van der Waals surface area contributed by atoms with Crippen molar-refractivity contribution in [3.63, 3.8) is 0 Å². The molecule has 0 fully saturated rings. The van der Waals surface area contributed by atoms with Crippen molar-refractivity contribution in [2.24, 2.45) is 0 Å². The van der Waals surface area contributed by atoms with E-state index < -0.39 is 0 Å². The number of pyridine rings is 1. The summed E-state index contributed by atoms with van der Waals surface area (Å²) in [4.78, 5) is 0. The average molecular weight is 380 g/mol. The molecule has 3 nitrogen and oxygen atoms in total. The first-order valence-electron chi connectivity index (χ1n) is 7.41. The molecule has 0 unspecified atom stereocenters. The number of halogens is 2. The maximum absolute atomic E-state index is 13.7. The normalized spacial score (nSPS) is 11.0. The molecule has 0 bridgehead atoms. The van der Waals surface area contributed by atoms with E-state index in [-0.39, 0.29) is 35.5 Å². The standard InChI is InChI=1S/C18H19FNO2.BrH/c1-12(2)22-15-4-5-16-13(9-15)11-20(7-8-21)18-6-3-14(19)10-17(16)18;/h3-6,9-12,21H,7-8H2,1-2H3;1H/q+1;/p-1. The highest BCUT2D eigenvalue weighted by molar-refractivity contribution is 6.04. The fourth-order valence-corrected chi connectivity index (χ4v) is 2.74. The first-order valence-corrected chi connectivity index (χ1v) is 7.41. The van der Waals surface area contributed by atoms with Crippen LogP contribution in [-0.2, 0) is 6.54 Å². The minimum absolute atomic E-state index is 0. The third-order valence-electron chi connectivity index (χ3n) is 3.59. The molecule has 2 aromatic carbocycles. The van der Waals surface area contributed by atoms with E-state index in [0.717, 1.165) is 27.4 Å². The Hall–Kier alpha value is -1.72. The number of nitrogens with zero attached hydrogens (tertiary/aromatic N) is 1. The Morgan fingerprint density at radius 2 is 1.91 bits per heavy atom. The average Bonchev–Trinajstić information content (AvgIpc) is 2.46. The van der Waals surface area contributed by atoms with Gasteiger partial charge < -0.3 is 26.8 Å². The summed E-state index contributed by atoms with van der Waals surface area (Å²) in [7, 11) is 0. The van der Waals surface area contributed by atoms with Gasteiger partial charge in [0.15, 0.2) is 12.7 Å². The number of fused-ring (bicyclic) bond motifs is 3. The summed E-state index contributed by atoms with van der Waals surface area (Å²) in [5.41, 5.74) is 0.903. The number of aromatic nitrogens is 1. The molecule has 0 aliphatic rings. The van der Waals surface area contributed by atoms with Crippen LogP contribution in [0.5, 0.6) is 5.75 Å². The summed E-state index contributed by atoms with van der Waals surface area (Å²) in [5.74, 6) is 0.520. The molecular weight excluding hydrogens is 361 g/mol. The van der Waals surface area contributed by atoms with E-state index in [9.17, 15) is 9.50 Å². The zero-order valence-electron chi connectivity index (χ0n) is 13.1. The summed E-state index contributed by atoms with van der Waals surface area (Å²) in [6, 6.07) is 10.5. The van der Waals surface area contributed by atoms with E-state index in [4.69, 9.17) is 4.74 Å². The molecule has 3 rings (SSSR count). The minimum Gasteiger partial charge on any atom is -1.00 e. The molecule has 0 amide bonds. The summed E-state index contributed by atoms with van der Waals surface area (Å²) >= 11 is 0. The van der Waals surface area contributed by atoms with Crippen LogP contribution in [-0.4, -0.2) is 17.8 Å². The number of aliphatic hydroxyl groups excluding tert-OH is 1. The van der Waals surface area contributed by atoms with Gasteiger partial charge in [0.05, 0.1) is 16.9 Å². The van der Waals surface area contributed by atoms with Gasteiger partial charge in [-0.05, 0) is 44.2 Å². The predicted molar refractivity (Wildman–Crippen MR) is 84.5 cm³/mol. The van der Waals surface area contributed by atoms with Gasteiger partial charge in [-0.25, -0.2) is 4.39 Å². The van der Waals surface area contributed by atoms with Crippen LogP contribution < -0.4 is 26.3 Å². The Kier molecular flexibility index (Phi) is 5.55. The van der Waals surface area contributed by atoms with E-state index in [1.165, 1.54) is 12.1 Å². The van der Waals surface area contributed by atoms with Gasteiger partial charge in [0, 0.05) is 11.5 Å². The number of hydrogen-bond donors (Lipinski definition) is 1. The highest BCUT2D eigenvalue weighted by atomic mass is 79.9. The molecule has 0 aliphatic carbocycles. The number of hydrogen-bond acceptors (Lipinski definition) is 2. The van der Waals surface area contributed by atoms with Crippen LogP contribution in [0, 0.1) is 5.82 Å². The molecule has 1 aromatic heterocycles. The highest BCUT2D eigenvalue weighted by Gasteiger charge is 2.14. The van der Waals surface area contributed by atoms with Crippen LogP contribution in [0.2, 0.25) is 0 Å². The van der Waals surface area contributed by atoms with Crippen LogP contribution in [0.3, 0.4) is 0 Å². The lowest BCUT2D eigenvalue weighted by molar-refractivity contribution is -0.671. The molecule has 23 heavy (non-hydrogen) atoms. The first kappa shape index (κ1) is 17.6. The molecule has 122 valence electrons. The van der Waals surface area contributed by atoms with Gasteiger partial charge in [0.25, 0.3) is 0 Å². The fraction of sp³-hybridized carbons (Fsp3) is 0.278. The SMILES string of the molecule is CC(C)Oc1ccc2c(c1)c[n+](CCO)c1ccc(F)cc21.[Br-]. The molecule has 0 radical (unpaired) electrons. The van der Waals surface area contributed by atoms with Crippen LogP contribution >= 0.6 is 0 Å². The van der Waals surface area contributed by atoms with Crippen LogP contribution in [0.15, 0.2) is 42.6 Å². The third kappa shape index (κ3) is 3.62. The van der Waals surface area contributed by atoms with Gasteiger partial charge in [-0.3, -0.25) is 0 Å². The lowest BCUT2D eigenvalue weighted by Gasteiger charge is -2.11. The molecule has 0 saturated carbocycles. The Labute approximate surface area is 145 Å². The lowest BCUT2D eigenvalue weighted by Crippen LogP contribution is -3.00. The molecule has 1 heterocycles. The van der Waals surface area contributed by atoms with Crippen molar-refractivity contribution in [1.29, 1.82) is 0 Å². The molecule has 0 atom stereocenters. The van der Waals surface area contributed by atoms with E-state index in [1.54, 1.807) is 6.07 Å². The third-order valence-corrected chi connectivity index (χ3v) is 3.59. The molecule has 0 aliphatic heterocycles. The van der Waals surface area contributed by atoms with Crippen molar-refractivity contribution in [1.82, 2.24) is 0 Å². The molecule has 3 aromatic rings. The van der Waals surface area contributed by atoms with Gasteiger partial charge in [0.1, 0.15) is 18.2 Å². The lowest BCUT2D eigenvalue weighted by atomic mass is 10.1.